The van der Waals surface area contributed by atoms with Crippen LogP contribution in [-0.4, -0.2) is 48.0 Å². The van der Waals surface area contributed by atoms with E-state index >= 15 is 0 Å². The van der Waals surface area contributed by atoms with Gasteiger partial charge < -0.3 is 21.3 Å². The van der Waals surface area contributed by atoms with Gasteiger partial charge in [-0.1, -0.05) is 11.3 Å². The van der Waals surface area contributed by atoms with Gasteiger partial charge in [-0.15, -0.1) is 0 Å². The summed E-state index contributed by atoms with van der Waals surface area (Å²) in [5.74, 6) is 0.174. The number of nitrogens with two attached hydrogens (primary N) is 1. The fourth-order valence-electron chi connectivity index (χ4n) is 2.33. The molecule has 1 amide bonds. The van der Waals surface area contributed by atoms with Crippen LogP contribution in [0.2, 0.25) is 0 Å². The average molecular weight is 297 g/mol. The summed E-state index contributed by atoms with van der Waals surface area (Å²) in [4.78, 5) is 19.1. The molecular weight excluding hydrogens is 274 g/mol. The number of carbonyl (C=O) groups excluding carboxylic acids is 1. The molecule has 1 aliphatic heterocycles. The van der Waals surface area contributed by atoms with Crippen LogP contribution in [0.25, 0.3) is 0 Å². The summed E-state index contributed by atoms with van der Waals surface area (Å²) in [6, 6.07) is 0.699. The second-order valence-corrected chi connectivity index (χ2v) is 6.52. The molecular formula is C13H23N5OS. The zero-order chi connectivity index (χ0) is 14.7. The van der Waals surface area contributed by atoms with Gasteiger partial charge in [-0.25, -0.2) is 4.98 Å². The molecule has 1 aromatic rings. The number of carbonyl (C=O) groups is 1. The Morgan fingerprint density at radius 1 is 1.60 bits per heavy atom. The molecule has 7 heteroatoms. The van der Waals surface area contributed by atoms with Crippen LogP contribution in [0.3, 0.4) is 0 Å². The van der Waals surface area contributed by atoms with E-state index in [1.165, 1.54) is 17.8 Å². The molecule has 1 saturated heterocycles. The molecule has 1 unspecified atom stereocenters. The number of nitrogens with one attached hydrogen (secondary N) is 2. The quantitative estimate of drug-likeness (QED) is 0.764. The van der Waals surface area contributed by atoms with Crippen molar-refractivity contribution in [3.05, 3.63) is 4.88 Å². The number of hydrogen-bond donors (Lipinski definition) is 3. The van der Waals surface area contributed by atoms with E-state index in [0.717, 1.165) is 13.0 Å². The predicted octanol–water partition coefficient (Wildman–Crippen LogP) is 1.37. The van der Waals surface area contributed by atoms with Crippen LogP contribution in [0, 0.1) is 0 Å². The van der Waals surface area contributed by atoms with Crippen LogP contribution < -0.4 is 16.4 Å². The fourth-order valence-corrected chi connectivity index (χ4v) is 3.28. The van der Waals surface area contributed by atoms with E-state index in [-0.39, 0.29) is 11.9 Å². The maximum atomic E-state index is 12.2. The summed E-state index contributed by atoms with van der Waals surface area (Å²) >= 11 is 1.31. The second-order valence-electron chi connectivity index (χ2n) is 5.52. The minimum absolute atomic E-state index is 0.128. The highest BCUT2D eigenvalue weighted by molar-refractivity contribution is 7.18. The Bertz CT molecular complexity index is 473. The first-order valence-electron chi connectivity index (χ1n) is 6.98. The van der Waals surface area contributed by atoms with E-state index in [9.17, 15) is 4.79 Å². The van der Waals surface area contributed by atoms with Crippen LogP contribution in [0.1, 0.15) is 36.4 Å². The zero-order valence-electron chi connectivity index (χ0n) is 12.3. The molecule has 0 spiro atoms. The van der Waals surface area contributed by atoms with Crippen LogP contribution >= 0.6 is 11.3 Å². The molecule has 0 radical (unpaired) electrons. The molecule has 6 nitrogen and oxygen atoms in total. The Hall–Kier alpha value is -1.34. The standard InChI is InChI=1S/C13H23N5OS/c1-8(2)16-13-17-11(14)10(20-13)12(19)15-7-9-5-4-6-18(9)3/h8-9H,4-7,14H2,1-3H3,(H,15,19)(H,16,17). The van der Waals surface area contributed by atoms with Gasteiger partial charge in [-0.05, 0) is 40.3 Å². The van der Waals surface area contributed by atoms with Crippen LogP contribution in [0.4, 0.5) is 10.9 Å². The van der Waals surface area contributed by atoms with Crippen LogP contribution in [0.15, 0.2) is 0 Å². The molecule has 1 aromatic heterocycles. The first-order valence-corrected chi connectivity index (χ1v) is 7.80. The number of thiazole rings is 1. The number of amides is 1. The number of likely N-dealkylation sites (N-methyl/N-ethyl adjacent to an activating group) is 1. The summed E-state index contributed by atoms with van der Waals surface area (Å²) in [6.45, 7) is 5.81. The Morgan fingerprint density at radius 2 is 2.35 bits per heavy atom. The Morgan fingerprint density at radius 3 is 2.95 bits per heavy atom. The van der Waals surface area contributed by atoms with Gasteiger partial charge in [0.15, 0.2) is 5.13 Å². The van der Waals surface area contributed by atoms with Crippen molar-refractivity contribution in [3.8, 4) is 0 Å². The van der Waals surface area contributed by atoms with Crippen molar-refractivity contribution < 1.29 is 4.79 Å². The lowest BCUT2D eigenvalue weighted by molar-refractivity contribution is 0.0948. The fraction of sp³-hybridized carbons (Fsp3) is 0.692. The summed E-state index contributed by atoms with van der Waals surface area (Å²) in [5, 5.41) is 6.82. The number of likely N-dealkylation sites (tertiary alicyclic amines) is 1. The van der Waals surface area contributed by atoms with Crippen LogP contribution in [0.5, 0.6) is 0 Å². The Balaban J connectivity index is 1.93. The summed E-state index contributed by atoms with van der Waals surface area (Å²) in [6.07, 6.45) is 2.33. The number of nitrogen functional groups attached to an aromatic ring is 1. The van der Waals surface area contributed by atoms with Crippen molar-refractivity contribution >= 4 is 28.2 Å². The van der Waals surface area contributed by atoms with Gasteiger partial charge in [0.2, 0.25) is 0 Å². The van der Waals surface area contributed by atoms with E-state index in [0.29, 0.717) is 28.4 Å². The first-order chi connectivity index (χ1) is 9.47. The monoisotopic (exact) mass is 297 g/mol. The second kappa shape index (κ2) is 6.41. The van der Waals surface area contributed by atoms with Crippen molar-refractivity contribution in [1.82, 2.24) is 15.2 Å². The summed E-state index contributed by atoms with van der Waals surface area (Å²) in [5.41, 5.74) is 5.82. The Kier molecular flexibility index (Phi) is 4.82. The maximum Gasteiger partial charge on any atom is 0.265 e. The highest BCUT2D eigenvalue weighted by atomic mass is 32.1. The molecule has 1 fully saturated rings. The highest BCUT2D eigenvalue weighted by Gasteiger charge is 2.23. The minimum atomic E-state index is -0.128. The van der Waals surface area contributed by atoms with E-state index in [4.69, 9.17) is 5.73 Å². The third kappa shape index (κ3) is 3.61. The smallest absolute Gasteiger partial charge is 0.265 e. The minimum Gasteiger partial charge on any atom is -0.382 e. The third-order valence-electron chi connectivity index (χ3n) is 3.44. The number of aromatic nitrogens is 1. The highest BCUT2D eigenvalue weighted by Crippen LogP contribution is 2.25. The van der Waals surface area contributed by atoms with Crippen molar-refractivity contribution in [2.45, 2.75) is 38.8 Å². The number of hydrogen-bond acceptors (Lipinski definition) is 6. The lowest BCUT2D eigenvalue weighted by atomic mass is 10.2. The number of rotatable bonds is 5. The van der Waals surface area contributed by atoms with E-state index in [1.807, 2.05) is 13.8 Å². The molecule has 0 aliphatic carbocycles. The third-order valence-corrected chi connectivity index (χ3v) is 4.44. The molecule has 112 valence electrons. The predicted molar refractivity (Wildman–Crippen MR) is 83.3 cm³/mol. The Labute approximate surface area is 123 Å². The molecule has 0 saturated carbocycles. The molecule has 20 heavy (non-hydrogen) atoms. The molecule has 0 aromatic carbocycles. The number of anilines is 2. The van der Waals surface area contributed by atoms with Gasteiger partial charge in [-0.2, -0.15) is 0 Å². The van der Waals surface area contributed by atoms with Gasteiger partial charge in [0.05, 0.1) is 0 Å². The van der Waals surface area contributed by atoms with Gasteiger partial charge in [0, 0.05) is 18.6 Å². The molecule has 4 N–H and O–H groups in total. The summed E-state index contributed by atoms with van der Waals surface area (Å²) < 4.78 is 0. The van der Waals surface area contributed by atoms with Crippen molar-refractivity contribution in [1.29, 1.82) is 0 Å². The largest absolute Gasteiger partial charge is 0.382 e. The normalized spacial score (nSPS) is 19.5. The van der Waals surface area contributed by atoms with Gasteiger partial charge >= 0.3 is 0 Å². The van der Waals surface area contributed by atoms with Crippen LogP contribution in [-0.2, 0) is 0 Å². The van der Waals surface area contributed by atoms with Crippen molar-refractivity contribution in [3.63, 3.8) is 0 Å². The molecule has 1 atom stereocenters. The van der Waals surface area contributed by atoms with Gasteiger partial charge in [-0.3, -0.25) is 4.79 Å². The lowest BCUT2D eigenvalue weighted by Crippen LogP contribution is -2.38. The SMILES string of the molecule is CC(C)Nc1nc(N)c(C(=O)NCC2CCCN2C)s1. The number of nitrogens with zero attached hydrogens (tertiary/aromatic N) is 2. The topological polar surface area (TPSA) is 83.3 Å². The zero-order valence-corrected chi connectivity index (χ0v) is 13.1. The maximum absolute atomic E-state index is 12.2. The lowest BCUT2D eigenvalue weighted by Gasteiger charge is -2.19. The molecule has 2 rings (SSSR count). The first kappa shape index (κ1) is 15.1. The van der Waals surface area contributed by atoms with Gasteiger partial charge in [0.25, 0.3) is 5.91 Å². The molecule has 0 bridgehead atoms. The van der Waals surface area contributed by atoms with E-state index in [2.05, 4.69) is 27.6 Å². The van der Waals surface area contributed by atoms with Crippen molar-refractivity contribution in [2.75, 3.05) is 31.2 Å². The van der Waals surface area contributed by atoms with Gasteiger partial charge in [0.1, 0.15) is 10.7 Å². The van der Waals surface area contributed by atoms with E-state index in [1.54, 1.807) is 0 Å². The average Bonchev–Trinajstić information content (AvgIpc) is 2.92. The molecule has 1 aliphatic rings. The molecule has 2 heterocycles. The van der Waals surface area contributed by atoms with Crippen molar-refractivity contribution in [2.24, 2.45) is 0 Å². The summed E-state index contributed by atoms with van der Waals surface area (Å²) in [7, 11) is 2.09. The van der Waals surface area contributed by atoms with E-state index < -0.39 is 0 Å².